The van der Waals surface area contributed by atoms with Gasteiger partial charge in [0.25, 0.3) is 0 Å². The van der Waals surface area contributed by atoms with E-state index in [0.29, 0.717) is 19.3 Å². The van der Waals surface area contributed by atoms with Gasteiger partial charge in [-0.3, -0.25) is 9.59 Å². The zero-order valence-corrected chi connectivity index (χ0v) is 28.9. The molecule has 258 valence electrons. The van der Waals surface area contributed by atoms with Crippen molar-refractivity contribution in [3.8, 4) is 0 Å². The van der Waals surface area contributed by atoms with Crippen molar-refractivity contribution in [1.29, 1.82) is 0 Å². The van der Waals surface area contributed by atoms with E-state index in [1.54, 1.807) is 6.08 Å². The number of ether oxygens (including phenoxy) is 2. The molecule has 0 saturated heterocycles. The van der Waals surface area contributed by atoms with Crippen molar-refractivity contribution in [2.45, 2.75) is 155 Å². The number of aliphatic hydroxyl groups excluding tert-OH is 2. The van der Waals surface area contributed by atoms with Crippen LogP contribution in [0.15, 0.2) is 60.8 Å². The number of hydrogen-bond acceptors (Lipinski definition) is 6. The Labute approximate surface area is 275 Å². The molecule has 0 spiro atoms. The second-order valence-corrected chi connectivity index (χ2v) is 12.3. The summed E-state index contributed by atoms with van der Waals surface area (Å²) in [6.45, 7) is 6.23. The van der Waals surface area contributed by atoms with Crippen LogP contribution in [0.5, 0.6) is 0 Å². The average molecular weight is 631 g/mol. The van der Waals surface area contributed by atoms with Gasteiger partial charge in [-0.1, -0.05) is 146 Å². The molecule has 0 fully saturated rings. The molecule has 0 heterocycles. The minimum absolute atomic E-state index is 0.144. The molecular formula is C39H66O6. The zero-order valence-electron chi connectivity index (χ0n) is 28.9. The van der Waals surface area contributed by atoms with Crippen molar-refractivity contribution in [3.05, 3.63) is 60.8 Å². The van der Waals surface area contributed by atoms with Crippen LogP contribution in [0.4, 0.5) is 0 Å². The predicted octanol–water partition coefficient (Wildman–Crippen LogP) is 9.66. The largest absolute Gasteiger partial charge is 0.463 e. The predicted molar refractivity (Wildman–Crippen MR) is 188 cm³/mol. The summed E-state index contributed by atoms with van der Waals surface area (Å²) in [7, 11) is 0. The van der Waals surface area contributed by atoms with Crippen LogP contribution in [0.2, 0.25) is 0 Å². The van der Waals surface area contributed by atoms with Crippen LogP contribution in [0.25, 0.3) is 0 Å². The Kier molecular flexibility index (Phi) is 31.2. The van der Waals surface area contributed by atoms with E-state index >= 15 is 0 Å². The summed E-state index contributed by atoms with van der Waals surface area (Å²) in [5, 5.41) is 19.4. The van der Waals surface area contributed by atoms with E-state index < -0.39 is 6.10 Å². The number of hydrogen-bond donors (Lipinski definition) is 2. The van der Waals surface area contributed by atoms with Gasteiger partial charge >= 0.3 is 11.9 Å². The molecule has 0 unspecified atom stereocenters. The molecule has 0 aromatic rings. The molecule has 0 aliphatic rings. The highest BCUT2D eigenvalue weighted by molar-refractivity contribution is 5.69. The highest BCUT2D eigenvalue weighted by Gasteiger charge is 2.12. The summed E-state index contributed by atoms with van der Waals surface area (Å²) in [6.07, 6.45) is 38.0. The van der Waals surface area contributed by atoms with Crippen molar-refractivity contribution in [3.63, 3.8) is 0 Å². The lowest BCUT2D eigenvalue weighted by molar-refractivity contribution is -0.152. The lowest BCUT2D eigenvalue weighted by Gasteiger charge is -2.12. The summed E-state index contributed by atoms with van der Waals surface area (Å²) in [4.78, 5) is 23.8. The second kappa shape index (κ2) is 32.9. The molecule has 0 radical (unpaired) electrons. The van der Waals surface area contributed by atoms with Crippen LogP contribution in [0.3, 0.4) is 0 Å². The lowest BCUT2D eigenvalue weighted by Crippen LogP contribution is -2.25. The van der Waals surface area contributed by atoms with Crippen molar-refractivity contribution < 1.29 is 29.3 Å². The number of rotatable bonds is 30. The monoisotopic (exact) mass is 630 g/mol. The highest BCUT2D eigenvalue weighted by Crippen LogP contribution is 2.14. The molecule has 0 aliphatic carbocycles. The maximum atomic E-state index is 11.9. The molecule has 45 heavy (non-hydrogen) atoms. The van der Waals surface area contributed by atoms with Crippen molar-refractivity contribution >= 4 is 11.9 Å². The van der Waals surface area contributed by atoms with E-state index in [1.807, 2.05) is 19.1 Å². The maximum absolute atomic E-state index is 11.9. The molecule has 0 aromatic heterocycles. The molecule has 2 atom stereocenters. The number of esters is 2. The second-order valence-electron chi connectivity index (χ2n) is 12.3. The Morgan fingerprint density at radius 3 is 1.60 bits per heavy atom. The summed E-state index contributed by atoms with van der Waals surface area (Å²) < 4.78 is 10.2. The summed E-state index contributed by atoms with van der Waals surface area (Å²) in [6, 6.07) is 0. The summed E-state index contributed by atoms with van der Waals surface area (Å²) in [5.74, 6) is 0.165. The van der Waals surface area contributed by atoms with Crippen LogP contribution >= 0.6 is 0 Å². The van der Waals surface area contributed by atoms with Gasteiger partial charge in [-0.2, -0.15) is 0 Å². The number of carbonyl (C=O) groups excluding carboxylic acids is 2. The number of carbonyl (C=O) groups is 2. The lowest BCUT2D eigenvalue weighted by atomic mass is 10.0. The van der Waals surface area contributed by atoms with Gasteiger partial charge in [-0.25, -0.2) is 0 Å². The van der Waals surface area contributed by atoms with Crippen LogP contribution in [-0.2, 0) is 19.1 Å². The first-order chi connectivity index (χ1) is 21.8. The Morgan fingerprint density at radius 1 is 0.600 bits per heavy atom. The van der Waals surface area contributed by atoms with Crippen molar-refractivity contribution in [2.75, 3.05) is 13.2 Å². The SMILES string of the molecule is CC[C@H](O)/C=C/C=C\C/C=C\C/C=C\C/C=C\CCCC(=O)OC[C@H](O)COC(=O)CCCCCCCCCCCCC(C)C. The third-order valence-electron chi connectivity index (χ3n) is 7.35. The molecule has 0 bridgehead atoms. The van der Waals surface area contributed by atoms with Gasteiger partial charge in [0.15, 0.2) is 0 Å². The van der Waals surface area contributed by atoms with E-state index in [0.717, 1.165) is 57.3 Å². The summed E-state index contributed by atoms with van der Waals surface area (Å²) in [5.41, 5.74) is 0. The minimum atomic E-state index is -0.996. The van der Waals surface area contributed by atoms with Crippen LogP contribution in [-0.4, -0.2) is 47.6 Å². The van der Waals surface area contributed by atoms with Gasteiger partial charge in [-0.05, 0) is 50.9 Å². The Morgan fingerprint density at radius 2 is 1.07 bits per heavy atom. The highest BCUT2D eigenvalue weighted by atomic mass is 16.6. The molecule has 0 rings (SSSR count). The quantitative estimate of drug-likeness (QED) is 0.0355. The molecule has 6 heteroatoms. The van der Waals surface area contributed by atoms with Gasteiger partial charge in [0.05, 0.1) is 6.10 Å². The van der Waals surface area contributed by atoms with Gasteiger partial charge in [0.2, 0.25) is 0 Å². The molecular weight excluding hydrogens is 564 g/mol. The fraction of sp³-hybridized carbons (Fsp3) is 0.692. The van der Waals surface area contributed by atoms with Gasteiger partial charge < -0.3 is 19.7 Å². The fourth-order valence-electron chi connectivity index (χ4n) is 4.49. The molecule has 0 amide bonds. The van der Waals surface area contributed by atoms with Gasteiger partial charge in [0, 0.05) is 12.8 Å². The Hall–Kier alpha value is -2.44. The number of unbranched alkanes of at least 4 members (excludes halogenated alkanes) is 10. The van der Waals surface area contributed by atoms with Crippen LogP contribution in [0.1, 0.15) is 143 Å². The summed E-state index contributed by atoms with van der Waals surface area (Å²) >= 11 is 0. The maximum Gasteiger partial charge on any atom is 0.305 e. The smallest absolute Gasteiger partial charge is 0.305 e. The van der Waals surface area contributed by atoms with Crippen LogP contribution < -0.4 is 0 Å². The minimum Gasteiger partial charge on any atom is -0.463 e. The molecule has 6 nitrogen and oxygen atoms in total. The number of allylic oxidation sites excluding steroid dienone is 9. The molecule has 0 aliphatic heterocycles. The van der Waals surface area contributed by atoms with Crippen LogP contribution in [0, 0.1) is 5.92 Å². The first-order valence-electron chi connectivity index (χ1n) is 17.8. The number of aliphatic hydroxyl groups is 2. The molecule has 0 aromatic carbocycles. The molecule has 2 N–H and O–H groups in total. The average Bonchev–Trinajstić information content (AvgIpc) is 3.02. The Balaban J connectivity index is 3.60. The first-order valence-corrected chi connectivity index (χ1v) is 17.8. The molecule has 0 saturated carbocycles. The van der Waals surface area contributed by atoms with E-state index in [1.165, 1.54) is 51.4 Å². The van der Waals surface area contributed by atoms with Crippen molar-refractivity contribution in [1.82, 2.24) is 0 Å². The van der Waals surface area contributed by atoms with E-state index in [-0.39, 0.29) is 31.3 Å². The third-order valence-corrected chi connectivity index (χ3v) is 7.35. The van der Waals surface area contributed by atoms with E-state index in [9.17, 15) is 19.8 Å². The topological polar surface area (TPSA) is 93.1 Å². The van der Waals surface area contributed by atoms with Crippen molar-refractivity contribution in [2.24, 2.45) is 5.92 Å². The zero-order chi connectivity index (χ0) is 33.2. The van der Waals surface area contributed by atoms with E-state index in [4.69, 9.17) is 9.47 Å². The third kappa shape index (κ3) is 34.3. The first kappa shape index (κ1) is 42.6. The van der Waals surface area contributed by atoms with E-state index in [2.05, 4.69) is 56.4 Å². The van der Waals surface area contributed by atoms with Gasteiger partial charge in [0.1, 0.15) is 19.3 Å². The fourth-order valence-corrected chi connectivity index (χ4v) is 4.49. The normalized spacial score (nSPS) is 13.7. The Bertz CT molecular complexity index is 838. The van der Waals surface area contributed by atoms with Gasteiger partial charge in [-0.15, -0.1) is 0 Å². The standard InChI is InChI=1S/C39H66O6/c1-4-36(40)30-26-22-18-14-9-7-5-6-8-10-15-19-23-27-31-38(42)44-33-37(41)34-45-39(43)32-28-24-20-16-12-11-13-17-21-25-29-35(2)3/h6-9,15,18-19,22,26,30,35-37,40-41H,4-5,10-14,16-17,20-21,23-25,27-29,31-34H2,1-3H3/b8-6-,9-7-,19-15-,22-18-,30-26+/t36-,37-/m0/s1.